The van der Waals surface area contributed by atoms with Crippen LogP contribution in [0.25, 0.3) is 10.9 Å². The van der Waals surface area contributed by atoms with Gasteiger partial charge in [0.2, 0.25) is 0 Å². The highest BCUT2D eigenvalue weighted by Gasteiger charge is 2.25. The van der Waals surface area contributed by atoms with Crippen LogP contribution in [0.3, 0.4) is 0 Å². The van der Waals surface area contributed by atoms with Crippen LogP contribution in [0.5, 0.6) is 0 Å². The third-order valence-electron chi connectivity index (χ3n) is 4.86. The molecule has 3 aromatic rings. The molecule has 0 spiro atoms. The van der Waals surface area contributed by atoms with Crippen molar-refractivity contribution in [2.45, 2.75) is 37.5 Å². The molecule has 134 valence electrons. The Morgan fingerprint density at radius 2 is 1.88 bits per heavy atom. The number of benzene rings is 2. The number of aryl methyl sites for hydroxylation is 2. The maximum absolute atomic E-state index is 12.9. The number of nitrogens with one attached hydrogen (secondary N) is 2. The molecule has 0 bridgehead atoms. The van der Waals surface area contributed by atoms with Crippen molar-refractivity contribution in [3.05, 3.63) is 59.3 Å². The number of aromatic amines is 1. The molecule has 1 aliphatic rings. The van der Waals surface area contributed by atoms with Crippen molar-refractivity contribution in [3.63, 3.8) is 0 Å². The molecule has 2 N–H and O–H groups in total. The van der Waals surface area contributed by atoms with Gasteiger partial charge in [0.1, 0.15) is 0 Å². The first kappa shape index (κ1) is 16.8. The number of rotatable bonds is 4. The molecule has 5 nitrogen and oxygen atoms in total. The molecule has 0 saturated heterocycles. The van der Waals surface area contributed by atoms with Gasteiger partial charge in [0.25, 0.3) is 10.0 Å². The number of sulfonamides is 1. The van der Waals surface area contributed by atoms with Crippen molar-refractivity contribution in [3.8, 4) is 0 Å². The van der Waals surface area contributed by atoms with Crippen LogP contribution in [0.1, 0.15) is 41.4 Å². The van der Waals surface area contributed by atoms with Crippen LogP contribution >= 0.6 is 0 Å². The van der Waals surface area contributed by atoms with E-state index in [0.717, 1.165) is 29.5 Å². The summed E-state index contributed by atoms with van der Waals surface area (Å²) in [6.45, 7) is 1.92. The number of H-pyrrole nitrogens is 1. The summed E-state index contributed by atoms with van der Waals surface area (Å²) in [5.41, 5.74) is 3.59. The Hall–Kier alpha value is -2.60. The Morgan fingerprint density at radius 3 is 2.62 bits per heavy atom. The zero-order chi connectivity index (χ0) is 18.3. The monoisotopic (exact) mass is 368 g/mol. The van der Waals surface area contributed by atoms with Crippen molar-refractivity contribution in [1.29, 1.82) is 0 Å². The number of para-hydroxylation sites is 1. The molecule has 0 aliphatic heterocycles. The van der Waals surface area contributed by atoms with Crippen LogP contribution in [0.15, 0.2) is 47.4 Å². The number of hydrogen-bond acceptors (Lipinski definition) is 3. The molecule has 1 aliphatic carbocycles. The summed E-state index contributed by atoms with van der Waals surface area (Å²) >= 11 is 0. The van der Waals surface area contributed by atoms with Gasteiger partial charge in [0, 0.05) is 34.3 Å². The fourth-order valence-electron chi connectivity index (χ4n) is 3.62. The molecule has 4 rings (SSSR count). The highest BCUT2D eigenvalue weighted by molar-refractivity contribution is 7.92. The largest absolute Gasteiger partial charge is 0.358 e. The summed E-state index contributed by atoms with van der Waals surface area (Å²) in [4.78, 5) is 15.8. The zero-order valence-electron chi connectivity index (χ0n) is 14.5. The average molecular weight is 368 g/mol. The molecule has 6 heteroatoms. The van der Waals surface area contributed by atoms with Crippen molar-refractivity contribution in [2.24, 2.45) is 0 Å². The number of anilines is 1. The SMILES string of the molecule is CCc1cc2c3c([nH]c2cc1S(=O)(=O)Nc1ccccc1)CCCC3=O. The third kappa shape index (κ3) is 2.80. The molecule has 0 unspecified atom stereocenters. The molecule has 26 heavy (non-hydrogen) atoms. The molecule has 0 fully saturated rings. The van der Waals surface area contributed by atoms with E-state index in [-0.39, 0.29) is 10.7 Å². The van der Waals surface area contributed by atoms with Crippen molar-refractivity contribution < 1.29 is 13.2 Å². The highest BCUT2D eigenvalue weighted by Crippen LogP contribution is 2.33. The van der Waals surface area contributed by atoms with E-state index >= 15 is 0 Å². The normalized spacial score (nSPS) is 14.4. The van der Waals surface area contributed by atoms with E-state index in [4.69, 9.17) is 0 Å². The standard InChI is InChI=1S/C20H20N2O3S/c1-2-13-11-15-17(21-16-9-6-10-18(23)20(15)16)12-19(13)26(24,25)22-14-7-4-3-5-8-14/h3-5,7-8,11-12,21-22H,2,6,9-10H2,1H3. The number of hydrogen-bond donors (Lipinski definition) is 2. The van der Waals surface area contributed by atoms with Gasteiger partial charge in [0.15, 0.2) is 5.78 Å². The predicted octanol–water partition coefficient (Wildman–Crippen LogP) is 4.05. The van der Waals surface area contributed by atoms with Gasteiger partial charge in [-0.05, 0) is 49.1 Å². The van der Waals surface area contributed by atoms with Crippen LogP contribution in [0.4, 0.5) is 5.69 Å². The first-order valence-corrected chi connectivity index (χ1v) is 10.3. The van der Waals surface area contributed by atoms with Gasteiger partial charge in [-0.25, -0.2) is 8.42 Å². The predicted molar refractivity (Wildman–Crippen MR) is 102 cm³/mol. The number of fused-ring (bicyclic) bond motifs is 3. The lowest BCUT2D eigenvalue weighted by atomic mass is 9.94. The van der Waals surface area contributed by atoms with E-state index in [1.54, 1.807) is 30.3 Å². The van der Waals surface area contributed by atoms with E-state index in [1.165, 1.54) is 0 Å². The van der Waals surface area contributed by atoms with Gasteiger partial charge in [-0.15, -0.1) is 0 Å². The number of ketones is 1. The van der Waals surface area contributed by atoms with Crippen molar-refractivity contribution in [2.75, 3.05) is 4.72 Å². The Bertz CT molecular complexity index is 1100. The zero-order valence-corrected chi connectivity index (χ0v) is 15.3. The second kappa shape index (κ2) is 6.29. The Kier molecular flexibility index (Phi) is 4.07. The van der Waals surface area contributed by atoms with Crippen molar-refractivity contribution in [1.82, 2.24) is 4.98 Å². The van der Waals surface area contributed by atoms with Crippen LogP contribution < -0.4 is 4.72 Å². The lowest BCUT2D eigenvalue weighted by Crippen LogP contribution is -2.15. The summed E-state index contributed by atoms with van der Waals surface area (Å²) in [5, 5.41) is 0.834. The van der Waals surface area contributed by atoms with Crippen LogP contribution in [-0.2, 0) is 22.9 Å². The second-order valence-corrected chi connectivity index (χ2v) is 8.24. The van der Waals surface area contributed by atoms with Crippen LogP contribution in [0.2, 0.25) is 0 Å². The van der Waals surface area contributed by atoms with Gasteiger partial charge in [0.05, 0.1) is 4.90 Å². The Labute approximate surface area is 152 Å². The van der Waals surface area contributed by atoms with Crippen LogP contribution in [0, 0.1) is 0 Å². The highest BCUT2D eigenvalue weighted by atomic mass is 32.2. The quantitative estimate of drug-likeness (QED) is 0.729. The van der Waals surface area contributed by atoms with E-state index in [0.29, 0.717) is 29.6 Å². The molecular formula is C20H20N2O3S. The maximum atomic E-state index is 12.9. The molecule has 0 atom stereocenters. The minimum Gasteiger partial charge on any atom is -0.358 e. The summed E-state index contributed by atoms with van der Waals surface area (Å²) in [6, 6.07) is 12.3. The Morgan fingerprint density at radius 1 is 1.12 bits per heavy atom. The maximum Gasteiger partial charge on any atom is 0.262 e. The topological polar surface area (TPSA) is 79.0 Å². The van der Waals surface area contributed by atoms with E-state index in [1.807, 2.05) is 19.1 Å². The summed E-state index contributed by atoms with van der Waals surface area (Å²) < 4.78 is 28.5. The molecule has 1 heterocycles. The lowest BCUT2D eigenvalue weighted by molar-refractivity contribution is 0.0974. The number of Topliss-reactive ketones (excluding diaryl/α,β-unsaturated/α-hetero) is 1. The smallest absolute Gasteiger partial charge is 0.262 e. The van der Waals surface area contributed by atoms with Gasteiger partial charge in [-0.3, -0.25) is 9.52 Å². The number of carbonyl (C=O) groups excluding carboxylic acids is 1. The first-order valence-electron chi connectivity index (χ1n) is 8.78. The molecule has 0 radical (unpaired) electrons. The Balaban J connectivity index is 1.86. The summed E-state index contributed by atoms with van der Waals surface area (Å²) in [6.07, 6.45) is 2.77. The van der Waals surface area contributed by atoms with Crippen LogP contribution in [-0.4, -0.2) is 19.2 Å². The van der Waals surface area contributed by atoms with Gasteiger partial charge in [-0.2, -0.15) is 0 Å². The number of carbonyl (C=O) groups is 1. The summed E-state index contributed by atoms with van der Waals surface area (Å²) in [7, 11) is -3.72. The fraction of sp³-hybridized carbons (Fsp3) is 0.250. The van der Waals surface area contributed by atoms with E-state index < -0.39 is 10.0 Å². The minimum atomic E-state index is -3.72. The molecule has 1 aromatic heterocycles. The lowest BCUT2D eigenvalue weighted by Gasteiger charge is -2.13. The molecular weight excluding hydrogens is 348 g/mol. The average Bonchev–Trinajstić information content (AvgIpc) is 3.00. The van der Waals surface area contributed by atoms with Gasteiger partial charge < -0.3 is 4.98 Å². The fourth-order valence-corrected chi connectivity index (χ4v) is 5.00. The van der Waals surface area contributed by atoms with E-state index in [9.17, 15) is 13.2 Å². The third-order valence-corrected chi connectivity index (χ3v) is 6.33. The van der Waals surface area contributed by atoms with Crippen molar-refractivity contribution >= 4 is 32.4 Å². The molecule has 0 saturated carbocycles. The first-order chi connectivity index (χ1) is 12.5. The second-order valence-electron chi connectivity index (χ2n) is 6.59. The van der Waals surface area contributed by atoms with E-state index in [2.05, 4.69) is 9.71 Å². The van der Waals surface area contributed by atoms with Gasteiger partial charge >= 0.3 is 0 Å². The van der Waals surface area contributed by atoms with Gasteiger partial charge in [-0.1, -0.05) is 25.1 Å². The number of aromatic nitrogens is 1. The minimum absolute atomic E-state index is 0.137. The molecule has 0 amide bonds. The molecule has 2 aromatic carbocycles. The summed E-state index contributed by atoms with van der Waals surface area (Å²) in [5.74, 6) is 0.137.